The summed E-state index contributed by atoms with van der Waals surface area (Å²) in [6.07, 6.45) is 1.38. The van der Waals surface area contributed by atoms with Crippen molar-refractivity contribution in [2.75, 3.05) is 7.11 Å². The SMILES string of the molecule is COC(=O)c1cc2c(Cl)ncnc2n1Cc1ccccc1. The van der Waals surface area contributed by atoms with Crippen molar-refractivity contribution in [3.63, 3.8) is 0 Å². The molecule has 6 heteroatoms. The fourth-order valence-electron chi connectivity index (χ4n) is 2.23. The average Bonchev–Trinajstić information content (AvgIpc) is 2.88. The van der Waals surface area contributed by atoms with Crippen LogP contribution in [0.5, 0.6) is 0 Å². The van der Waals surface area contributed by atoms with Crippen LogP contribution in [0.15, 0.2) is 42.7 Å². The van der Waals surface area contributed by atoms with Crippen molar-refractivity contribution in [1.82, 2.24) is 14.5 Å². The van der Waals surface area contributed by atoms with Gasteiger partial charge in [-0.05, 0) is 11.6 Å². The lowest BCUT2D eigenvalue weighted by Gasteiger charge is -2.08. The molecule has 1 aromatic carbocycles. The molecule has 2 aromatic heterocycles. The molecule has 0 radical (unpaired) electrons. The molecule has 2 heterocycles. The lowest BCUT2D eigenvalue weighted by Crippen LogP contribution is -2.11. The van der Waals surface area contributed by atoms with Crippen LogP contribution in [-0.4, -0.2) is 27.6 Å². The van der Waals surface area contributed by atoms with Gasteiger partial charge < -0.3 is 9.30 Å². The second-order valence-corrected chi connectivity index (χ2v) is 4.85. The average molecular weight is 302 g/mol. The molecular weight excluding hydrogens is 290 g/mol. The normalized spacial score (nSPS) is 10.8. The third-order valence-electron chi connectivity index (χ3n) is 3.22. The summed E-state index contributed by atoms with van der Waals surface area (Å²) >= 11 is 6.08. The minimum atomic E-state index is -0.431. The van der Waals surface area contributed by atoms with E-state index in [2.05, 4.69) is 9.97 Å². The molecule has 0 amide bonds. The number of carbonyl (C=O) groups excluding carboxylic acids is 1. The van der Waals surface area contributed by atoms with E-state index in [0.29, 0.717) is 28.4 Å². The molecule has 0 aliphatic heterocycles. The van der Waals surface area contributed by atoms with Gasteiger partial charge in [0, 0.05) is 6.54 Å². The molecule has 0 aliphatic carbocycles. The highest BCUT2D eigenvalue weighted by atomic mass is 35.5. The standard InChI is InChI=1S/C15H12ClN3O2/c1-21-15(20)12-7-11-13(16)17-9-18-14(11)19(12)8-10-5-3-2-4-6-10/h2-7,9H,8H2,1H3. The number of rotatable bonds is 3. The summed E-state index contributed by atoms with van der Waals surface area (Å²) in [6, 6.07) is 11.5. The van der Waals surface area contributed by atoms with Gasteiger partial charge in [-0.15, -0.1) is 0 Å². The Morgan fingerprint density at radius 1 is 1.29 bits per heavy atom. The molecule has 0 aliphatic rings. The highest BCUT2D eigenvalue weighted by Gasteiger charge is 2.19. The fraction of sp³-hybridized carbons (Fsp3) is 0.133. The van der Waals surface area contributed by atoms with Crippen molar-refractivity contribution in [2.24, 2.45) is 0 Å². The van der Waals surface area contributed by atoms with Gasteiger partial charge in [0.05, 0.1) is 12.5 Å². The summed E-state index contributed by atoms with van der Waals surface area (Å²) in [5.74, 6) is -0.431. The summed E-state index contributed by atoms with van der Waals surface area (Å²) in [5.41, 5.74) is 2.06. The Labute approximate surface area is 126 Å². The first-order valence-electron chi connectivity index (χ1n) is 6.32. The lowest BCUT2D eigenvalue weighted by atomic mass is 10.2. The van der Waals surface area contributed by atoms with Crippen molar-refractivity contribution in [3.8, 4) is 0 Å². The van der Waals surface area contributed by atoms with Gasteiger partial charge in [-0.2, -0.15) is 0 Å². The van der Waals surface area contributed by atoms with Crippen molar-refractivity contribution >= 4 is 28.6 Å². The Hall–Kier alpha value is -2.40. The summed E-state index contributed by atoms with van der Waals surface area (Å²) in [4.78, 5) is 20.1. The summed E-state index contributed by atoms with van der Waals surface area (Å²) in [5, 5.41) is 0.951. The third kappa shape index (κ3) is 2.48. The van der Waals surface area contributed by atoms with Gasteiger partial charge in [0.2, 0.25) is 0 Å². The number of benzene rings is 1. The zero-order valence-corrected chi connectivity index (χ0v) is 12.0. The van der Waals surface area contributed by atoms with E-state index in [1.165, 1.54) is 13.4 Å². The first-order chi connectivity index (χ1) is 10.2. The Morgan fingerprint density at radius 3 is 2.76 bits per heavy atom. The van der Waals surface area contributed by atoms with Gasteiger partial charge in [0.25, 0.3) is 0 Å². The molecule has 106 valence electrons. The van der Waals surface area contributed by atoms with Crippen molar-refractivity contribution < 1.29 is 9.53 Å². The summed E-state index contributed by atoms with van der Waals surface area (Å²) in [6.45, 7) is 0.502. The van der Waals surface area contributed by atoms with Gasteiger partial charge >= 0.3 is 5.97 Å². The van der Waals surface area contributed by atoms with Crippen LogP contribution in [0.2, 0.25) is 5.15 Å². The molecule has 0 saturated carbocycles. The van der Waals surface area contributed by atoms with Crippen LogP contribution in [0.25, 0.3) is 11.0 Å². The van der Waals surface area contributed by atoms with Crippen LogP contribution >= 0.6 is 11.6 Å². The quantitative estimate of drug-likeness (QED) is 0.551. The zero-order chi connectivity index (χ0) is 14.8. The predicted molar refractivity (Wildman–Crippen MR) is 79.4 cm³/mol. The molecule has 0 fully saturated rings. The number of hydrogen-bond donors (Lipinski definition) is 0. The Balaban J connectivity index is 2.18. The van der Waals surface area contributed by atoms with E-state index in [1.54, 1.807) is 10.6 Å². The number of esters is 1. The van der Waals surface area contributed by atoms with Gasteiger partial charge in [-0.3, -0.25) is 0 Å². The molecule has 3 rings (SSSR count). The van der Waals surface area contributed by atoms with E-state index in [9.17, 15) is 4.79 Å². The van der Waals surface area contributed by atoms with Crippen LogP contribution < -0.4 is 0 Å². The van der Waals surface area contributed by atoms with Crippen LogP contribution in [0, 0.1) is 0 Å². The third-order valence-corrected chi connectivity index (χ3v) is 3.52. The topological polar surface area (TPSA) is 57.0 Å². The maximum atomic E-state index is 12.0. The van der Waals surface area contributed by atoms with Crippen molar-refractivity contribution in [1.29, 1.82) is 0 Å². The minimum absolute atomic E-state index is 0.317. The van der Waals surface area contributed by atoms with E-state index < -0.39 is 5.97 Å². The second-order valence-electron chi connectivity index (χ2n) is 4.49. The van der Waals surface area contributed by atoms with Gasteiger partial charge in [-0.25, -0.2) is 14.8 Å². The molecular formula is C15H12ClN3O2. The molecule has 0 saturated heterocycles. The number of fused-ring (bicyclic) bond motifs is 1. The van der Waals surface area contributed by atoms with E-state index in [-0.39, 0.29) is 0 Å². The fourth-order valence-corrected chi connectivity index (χ4v) is 2.42. The maximum Gasteiger partial charge on any atom is 0.354 e. The minimum Gasteiger partial charge on any atom is -0.464 e. The lowest BCUT2D eigenvalue weighted by molar-refractivity contribution is 0.0589. The molecule has 0 bridgehead atoms. The van der Waals surface area contributed by atoms with E-state index >= 15 is 0 Å². The van der Waals surface area contributed by atoms with Gasteiger partial charge in [0.15, 0.2) is 0 Å². The van der Waals surface area contributed by atoms with E-state index in [1.807, 2.05) is 30.3 Å². The molecule has 0 atom stereocenters. The summed E-state index contributed by atoms with van der Waals surface area (Å²) < 4.78 is 6.61. The monoisotopic (exact) mass is 301 g/mol. The number of aromatic nitrogens is 3. The molecule has 0 unspecified atom stereocenters. The van der Waals surface area contributed by atoms with Crippen LogP contribution in [0.3, 0.4) is 0 Å². The first kappa shape index (κ1) is 13.6. The molecule has 0 spiro atoms. The number of carbonyl (C=O) groups is 1. The van der Waals surface area contributed by atoms with E-state index in [0.717, 1.165) is 5.56 Å². The highest BCUT2D eigenvalue weighted by molar-refractivity contribution is 6.34. The molecule has 21 heavy (non-hydrogen) atoms. The molecule has 3 aromatic rings. The zero-order valence-electron chi connectivity index (χ0n) is 11.3. The van der Waals surface area contributed by atoms with Crippen molar-refractivity contribution in [2.45, 2.75) is 6.54 Å². The predicted octanol–water partition coefficient (Wildman–Crippen LogP) is 2.92. The number of hydrogen-bond acceptors (Lipinski definition) is 4. The Bertz CT molecular complexity index is 799. The summed E-state index contributed by atoms with van der Waals surface area (Å²) in [7, 11) is 1.35. The Kier molecular flexibility index (Phi) is 3.58. The largest absolute Gasteiger partial charge is 0.464 e. The first-order valence-corrected chi connectivity index (χ1v) is 6.70. The molecule has 5 nitrogen and oxygen atoms in total. The van der Waals surface area contributed by atoms with Crippen LogP contribution in [0.1, 0.15) is 16.1 Å². The van der Waals surface area contributed by atoms with E-state index in [4.69, 9.17) is 16.3 Å². The van der Waals surface area contributed by atoms with Gasteiger partial charge in [0.1, 0.15) is 22.8 Å². The second kappa shape index (κ2) is 5.54. The molecule has 0 N–H and O–H groups in total. The number of halogens is 1. The van der Waals surface area contributed by atoms with Crippen LogP contribution in [0.4, 0.5) is 0 Å². The number of methoxy groups -OCH3 is 1. The smallest absolute Gasteiger partial charge is 0.354 e. The van der Waals surface area contributed by atoms with Gasteiger partial charge in [-0.1, -0.05) is 41.9 Å². The van der Waals surface area contributed by atoms with Crippen molar-refractivity contribution in [3.05, 3.63) is 59.1 Å². The number of nitrogens with zero attached hydrogens (tertiary/aromatic N) is 3. The maximum absolute atomic E-state index is 12.0. The Morgan fingerprint density at radius 2 is 2.05 bits per heavy atom. The number of ether oxygens (including phenoxy) is 1. The van der Waals surface area contributed by atoms with Crippen LogP contribution in [-0.2, 0) is 11.3 Å². The highest BCUT2D eigenvalue weighted by Crippen LogP contribution is 2.25.